The van der Waals surface area contributed by atoms with E-state index in [1.54, 1.807) is 11.3 Å². The van der Waals surface area contributed by atoms with Crippen LogP contribution in [-0.2, 0) is 13.1 Å². The first-order chi connectivity index (χ1) is 8.15. The van der Waals surface area contributed by atoms with Crippen molar-refractivity contribution < 1.29 is 0 Å². The van der Waals surface area contributed by atoms with E-state index in [1.807, 2.05) is 29.9 Å². The molecule has 2 aromatic heterocycles. The molecule has 0 aliphatic rings. The summed E-state index contributed by atoms with van der Waals surface area (Å²) in [6, 6.07) is 3.95. The topological polar surface area (TPSA) is 29.9 Å². The number of aromatic nitrogens is 2. The molecule has 1 N–H and O–H groups in total. The number of hydrogen-bond donors (Lipinski definition) is 1. The lowest BCUT2D eigenvalue weighted by Gasteiger charge is -2.03. The molecule has 0 aliphatic carbocycles. The van der Waals surface area contributed by atoms with Gasteiger partial charge in [0.15, 0.2) is 0 Å². The maximum Gasteiger partial charge on any atom is 0.0931 e. The van der Waals surface area contributed by atoms with Crippen LogP contribution in [0, 0.1) is 6.92 Å². The molecule has 0 aromatic carbocycles. The van der Waals surface area contributed by atoms with Crippen LogP contribution in [0.15, 0.2) is 18.3 Å². The summed E-state index contributed by atoms with van der Waals surface area (Å²) in [6.45, 7) is 4.41. The molecule has 3 nitrogen and oxygen atoms in total. The molecule has 0 aliphatic heterocycles. The average Bonchev–Trinajstić information content (AvgIpc) is 2.82. The van der Waals surface area contributed by atoms with Gasteiger partial charge in [0.2, 0.25) is 0 Å². The zero-order chi connectivity index (χ0) is 12.3. The van der Waals surface area contributed by atoms with Crippen molar-refractivity contribution in [2.24, 2.45) is 0 Å². The van der Waals surface area contributed by atoms with E-state index in [-0.39, 0.29) is 0 Å². The summed E-state index contributed by atoms with van der Waals surface area (Å²) in [4.78, 5) is 1.24. The zero-order valence-corrected chi connectivity index (χ0v) is 11.7. The second-order valence-electron chi connectivity index (χ2n) is 3.71. The van der Waals surface area contributed by atoms with E-state index < -0.39 is 0 Å². The fourth-order valence-electron chi connectivity index (χ4n) is 1.46. The van der Waals surface area contributed by atoms with Crippen LogP contribution in [0.3, 0.4) is 0 Å². The van der Waals surface area contributed by atoms with Crippen molar-refractivity contribution >= 4 is 34.5 Å². The molecule has 2 heterocycles. The molecule has 17 heavy (non-hydrogen) atoms. The molecule has 0 radical (unpaired) electrons. The van der Waals surface area contributed by atoms with Gasteiger partial charge in [-0.3, -0.25) is 4.68 Å². The second kappa shape index (κ2) is 5.87. The van der Waals surface area contributed by atoms with Gasteiger partial charge in [0.05, 0.1) is 21.6 Å². The van der Waals surface area contributed by atoms with Gasteiger partial charge in [-0.2, -0.15) is 5.10 Å². The minimum Gasteiger partial charge on any atom is -0.310 e. The smallest absolute Gasteiger partial charge is 0.0931 e. The van der Waals surface area contributed by atoms with Gasteiger partial charge in [-0.25, -0.2) is 0 Å². The highest BCUT2D eigenvalue weighted by Gasteiger charge is 2.01. The predicted octanol–water partition coefficient (Wildman–Crippen LogP) is 3.35. The monoisotopic (exact) mass is 289 g/mol. The first kappa shape index (κ1) is 12.9. The van der Waals surface area contributed by atoms with E-state index in [4.69, 9.17) is 23.2 Å². The minimum atomic E-state index is 0.718. The first-order valence-corrected chi connectivity index (χ1v) is 6.87. The molecule has 0 amide bonds. The van der Waals surface area contributed by atoms with Crippen LogP contribution in [0.1, 0.15) is 10.6 Å². The van der Waals surface area contributed by atoms with E-state index >= 15 is 0 Å². The number of aryl methyl sites for hydroxylation is 1. The normalized spacial score (nSPS) is 11.0. The van der Waals surface area contributed by atoms with Crippen LogP contribution in [0.4, 0.5) is 0 Å². The molecule has 2 aromatic rings. The summed E-state index contributed by atoms with van der Waals surface area (Å²) in [5, 5.41) is 8.34. The summed E-state index contributed by atoms with van der Waals surface area (Å²) in [5.74, 6) is 0. The van der Waals surface area contributed by atoms with Gasteiger partial charge >= 0.3 is 0 Å². The van der Waals surface area contributed by atoms with Crippen LogP contribution in [0.5, 0.6) is 0 Å². The summed E-state index contributed by atoms with van der Waals surface area (Å²) >= 11 is 13.4. The summed E-state index contributed by atoms with van der Waals surface area (Å²) in [6.07, 6.45) is 1.85. The molecule has 2 rings (SSSR count). The standard InChI is InChI=1S/C11H13Cl2N3S/c1-8-10(12)7-16(15-8)5-4-14-6-9-2-3-11(13)17-9/h2-3,7,14H,4-6H2,1H3. The van der Waals surface area contributed by atoms with Crippen LogP contribution in [0.2, 0.25) is 9.36 Å². The Labute approximate surface area is 114 Å². The number of halogens is 2. The quantitative estimate of drug-likeness (QED) is 0.856. The van der Waals surface area contributed by atoms with Gasteiger partial charge in [0.1, 0.15) is 0 Å². The number of hydrogen-bond acceptors (Lipinski definition) is 3. The molecule has 92 valence electrons. The van der Waals surface area contributed by atoms with Crippen LogP contribution < -0.4 is 5.32 Å². The van der Waals surface area contributed by atoms with E-state index in [2.05, 4.69) is 10.4 Å². The van der Waals surface area contributed by atoms with Gasteiger partial charge in [-0.1, -0.05) is 23.2 Å². The molecule has 0 fully saturated rings. The summed E-state index contributed by atoms with van der Waals surface area (Å²) in [7, 11) is 0. The van der Waals surface area contributed by atoms with Gasteiger partial charge in [0.25, 0.3) is 0 Å². The third-order valence-corrected chi connectivity index (χ3v) is 3.93. The third-order valence-electron chi connectivity index (χ3n) is 2.33. The van der Waals surface area contributed by atoms with E-state index in [9.17, 15) is 0 Å². The first-order valence-electron chi connectivity index (χ1n) is 5.29. The second-order valence-corrected chi connectivity index (χ2v) is 5.91. The molecule has 0 atom stereocenters. The lowest BCUT2D eigenvalue weighted by Crippen LogP contribution is -2.19. The van der Waals surface area contributed by atoms with E-state index in [0.29, 0.717) is 0 Å². The highest BCUT2D eigenvalue weighted by Crippen LogP contribution is 2.20. The molecule has 0 unspecified atom stereocenters. The Morgan fingerprint density at radius 3 is 2.82 bits per heavy atom. The Bertz CT molecular complexity index is 473. The van der Waals surface area contributed by atoms with E-state index in [1.165, 1.54) is 4.88 Å². The van der Waals surface area contributed by atoms with Gasteiger partial charge in [-0.15, -0.1) is 11.3 Å². The molecule has 6 heteroatoms. The fraction of sp³-hybridized carbons (Fsp3) is 0.364. The van der Waals surface area contributed by atoms with Crippen LogP contribution >= 0.6 is 34.5 Å². The van der Waals surface area contributed by atoms with Crippen molar-refractivity contribution in [2.45, 2.75) is 20.0 Å². The number of thiophene rings is 1. The Kier molecular flexibility index (Phi) is 4.45. The number of nitrogens with one attached hydrogen (secondary N) is 1. The Morgan fingerprint density at radius 2 is 2.24 bits per heavy atom. The van der Waals surface area contributed by atoms with Crippen LogP contribution in [-0.4, -0.2) is 16.3 Å². The molecular formula is C11H13Cl2N3S. The molecule has 0 spiro atoms. The van der Waals surface area contributed by atoms with Gasteiger partial charge in [0, 0.05) is 24.2 Å². The lowest BCUT2D eigenvalue weighted by molar-refractivity contribution is 0.554. The SMILES string of the molecule is Cc1nn(CCNCc2ccc(Cl)s2)cc1Cl. The van der Waals surface area contributed by atoms with Crippen molar-refractivity contribution in [1.82, 2.24) is 15.1 Å². The number of nitrogens with zero attached hydrogens (tertiary/aromatic N) is 2. The average molecular weight is 290 g/mol. The van der Waals surface area contributed by atoms with E-state index in [0.717, 1.165) is 34.7 Å². The molecular weight excluding hydrogens is 277 g/mol. The van der Waals surface area contributed by atoms with Crippen molar-refractivity contribution in [3.8, 4) is 0 Å². The lowest BCUT2D eigenvalue weighted by atomic mass is 10.4. The van der Waals surface area contributed by atoms with Crippen molar-refractivity contribution in [3.63, 3.8) is 0 Å². The maximum absolute atomic E-state index is 5.92. The van der Waals surface area contributed by atoms with Crippen LogP contribution in [0.25, 0.3) is 0 Å². The maximum atomic E-state index is 5.92. The molecule has 0 saturated carbocycles. The zero-order valence-electron chi connectivity index (χ0n) is 9.41. The van der Waals surface area contributed by atoms with Gasteiger partial charge in [-0.05, 0) is 19.1 Å². The van der Waals surface area contributed by atoms with Crippen molar-refractivity contribution in [2.75, 3.05) is 6.54 Å². The summed E-state index contributed by atoms with van der Waals surface area (Å²) in [5.41, 5.74) is 0.872. The van der Waals surface area contributed by atoms with Crippen molar-refractivity contribution in [1.29, 1.82) is 0 Å². The largest absolute Gasteiger partial charge is 0.310 e. The summed E-state index contributed by atoms with van der Waals surface area (Å²) < 4.78 is 2.68. The third kappa shape index (κ3) is 3.71. The van der Waals surface area contributed by atoms with Gasteiger partial charge < -0.3 is 5.32 Å². The Balaban J connectivity index is 1.73. The highest BCUT2D eigenvalue weighted by molar-refractivity contribution is 7.16. The Hall–Kier alpha value is -0.550. The minimum absolute atomic E-state index is 0.718. The predicted molar refractivity (Wildman–Crippen MR) is 73.0 cm³/mol. The molecule has 0 bridgehead atoms. The fourth-order valence-corrected chi connectivity index (χ4v) is 2.67. The Morgan fingerprint density at radius 1 is 1.41 bits per heavy atom. The molecule has 0 saturated heterocycles. The highest BCUT2D eigenvalue weighted by atomic mass is 35.5. The number of rotatable bonds is 5. The van der Waals surface area contributed by atoms with Crippen molar-refractivity contribution in [3.05, 3.63) is 38.3 Å².